The lowest BCUT2D eigenvalue weighted by Crippen LogP contribution is -2.48. The number of carbonyl (C=O) groups excluding carboxylic acids is 1. The number of carbonyl (C=O) groups is 2. The van der Waals surface area contributed by atoms with Crippen molar-refractivity contribution in [3.05, 3.63) is 38.3 Å². The van der Waals surface area contributed by atoms with Crippen LogP contribution in [0.4, 0.5) is 5.69 Å². The normalized spacial score (nSPS) is 18.3. The number of halogens is 1. The molecule has 112 valence electrons. The van der Waals surface area contributed by atoms with Gasteiger partial charge in [-0.2, -0.15) is 0 Å². The number of rotatable bonds is 3. The monoisotopic (exact) mass is 356 g/mol. The Morgan fingerprint density at radius 1 is 1.38 bits per heavy atom. The van der Waals surface area contributed by atoms with E-state index in [1.54, 1.807) is 0 Å². The quantitative estimate of drug-likeness (QED) is 0.661. The van der Waals surface area contributed by atoms with E-state index in [4.69, 9.17) is 0 Å². The maximum atomic E-state index is 12.5. The molecule has 0 spiro atoms. The third kappa shape index (κ3) is 3.21. The number of nitrogens with zero attached hydrogens (tertiary/aromatic N) is 2. The molecule has 1 heterocycles. The van der Waals surface area contributed by atoms with E-state index in [1.807, 2.05) is 0 Å². The van der Waals surface area contributed by atoms with E-state index in [9.17, 15) is 24.8 Å². The number of likely N-dealkylation sites (tertiary alicyclic amines) is 1. The molecule has 7 nitrogen and oxygen atoms in total. The second kappa shape index (κ2) is 6.21. The molecule has 21 heavy (non-hydrogen) atoms. The Balaban J connectivity index is 2.36. The van der Waals surface area contributed by atoms with Crippen molar-refractivity contribution >= 4 is 33.5 Å². The number of carboxylic acid groups (broad SMARTS) is 1. The van der Waals surface area contributed by atoms with Gasteiger partial charge in [-0.25, -0.2) is 4.79 Å². The van der Waals surface area contributed by atoms with E-state index >= 15 is 0 Å². The van der Waals surface area contributed by atoms with E-state index in [0.717, 1.165) is 12.8 Å². The highest BCUT2D eigenvalue weighted by Gasteiger charge is 2.33. The number of aliphatic carboxylic acids is 1. The molecule has 0 bridgehead atoms. The molecule has 0 aliphatic carbocycles. The second-order valence-corrected chi connectivity index (χ2v) is 5.62. The van der Waals surface area contributed by atoms with Crippen molar-refractivity contribution in [1.82, 2.24) is 4.90 Å². The molecular formula is C13H13BrN2O5. The van der Waals surface area contributed by atoms with Crippen LogP contribution in [0.1, 0.15) is 29.6 Å². The standard InChI is InChI=1S/C13H13BrN2O5/c14-10-5-4-8(16(20)21)7-9(10)12(17)15-6-2-1-3-11(15)13(18)19/h4-5,7,11H,1-3,6H2,(H,18,19)/t11-/m0/s1. The lowest BCUT2D eigenvalue weighted by molar-refractivity contribution is -0.384. The van der Waals surface area contributed by atoms with Gasteiger partial charge in [-0.1, -0.05) is 0 Å². The minimum absolute atomic E-state index is 0.109. The summed E-state index contributed by atoms with van der Waals surface area (Å²) in [6, 6.07) is 2.99. The predicted molar refractivity (Wildman–Crippen MR) is 77.1 cm³/mol. The summed E-state index contributed by atoms with van der Waals surface area (Å²) in [5, 5.41) is 20.0. The summed E-state index contributed by atoms with van der Waals surface area (Å²) in [6.07, 6.45) is 1.87. The third-order valence-electron chi connectivity index (χ3n) is 3.44. The summed E-state index contributed by atoms with van der Waals surface area (Å²) in [4.78, 5) is 35.3. The van der Waals surface area contributed by atoms with Gasteiger partial charge in [-0.15, -0.1) is 0 Å². The van der Waals surface area contributed by atoms with Crippen LogP contribution in [0.15, 0.2) is 22.7 Å². The van der Waals surface area contributed by atoms with Crippen LogP contribution in [0.3, 0.4) is 0 Å². The van der Waals surface area contributed by atoms with Gasteiger partial charge in [0.25, 0.3) is 11.6 Å². The maximum absolute atomic E-state index is 12.5. The highest BCUT2D eigenvalue weighted by Crippen LogP contribution is 2.27. The van der Waals surface area contributed by atoms with Crippen LogP contribution in [-0.2, 0) is 4.79 Å². The van der Waals surface area contributed by atoms with Crippen molar-refractivity contribution < 1.29 is 19.6 Å². The van der Waals surface area contributed by atoms with Gasteiger partial charge in [-0.05, 0) is 41.3 Å². The lowest BCUT2D eigenvalue weighted by Gasteiger charge is -2.33. The molecular weight excluding hydrogens is 344 g/mol. The summed E-state index contributed by atoms with van der Waals surface area (Å²) in [5.41, 5.74) is -0.0946. The van der Waals surface area contributed by atoms with Crippen molar-refractivity contribution in [1.29, 1.82) is 0 Å². The van der Waals surface area contributed by atoms with Crippen molar-refractivity contribution in [2.45, 2.75) is 25.3 Å². The van der Waals surface area contributed by atoms with Crippen molar-refractivity contribution in [3.8, 4) is 0 Å². The van der Waals surface area contributed by atoms with Gasteiger partial charge in [-0.3, -0.25) is 14.9 Å². The molecule has 1 aromatic carbocycles. The molecule has 8 heteroatoms. The molecule has 0 unspecified atom stereocenters. The average Bonchev–Trinajstić information content (AvgIpc) is 2.46. The van der Waals surface area contributed by atoms with Crippen LogP contribution >= 0.6 is 15.9 Å². The number of hydrogen-bond acceptors (Lipinski definition) is 4. The first-order valence-electron chi connectivity index (χ1n) is 6.39. The van der Waals surface area contributed by atoms with Crippen LogP contribution in [-0.4, -0.2) is 39.4 Å². The predicted octanol–water partition coefficient (Wildman–Crippen LogP) is 2.44. The van der Waals surface area contributed by atoms with E-state index in [2.05, 4.69) is 15.9 Å². The van der Waals surface area contributed by atoms with Crippen molar-refractivity contribution in [2.24, 2.45) is 0 Å². The Bertz CT molecular complexity index is 604. The Hall–Kier alpha value is -1.96. The zero-order valence-corrected chi connectivity index (χ0v) is 12.6. The summed E-state index contributed by atoms with van der Waals surface area (Å²) in [5.74, 6) is -1.55. The molecule has 1 amide bonds. The first-order valence-corrected chi connectivity index (χ1v) is 7.19. The largest absolute Gasteiger partial charge is 0.480 e. The maximum Gasteiger partial charge on any atom is 0.326 e. The van der Waals surface area contributed by atoms with E-state index in [-0.39, 0.29) is 11.3 Å². The van der Waals surface area contributed by atoms with E-state index in [0.29, 0.717) is 17.4 Å². The van der Waals surface area contributed by atoms with Gasteiger partial charge in [0, 0.05) is 23.2 Å². The fourth-order valence-corrected chi connectivity index (χ4v) is 2.79. The summed E-state index contributed by atoms with van der Waals surface area (Å²) in [7, 11) is 0. The fourth-order valence-electron chi connectivity index (χ4n) is 2.38. The number of non-ortho nitro benzene ring substituents is 1. The SMILES string of the molecule is O=C(O)[C@@H]1CCCCN1C(=O)c1cc([N+](=O)[O-])ccc1Br. The Morgan fingerprint density at radius 2 is 2.10 bits per heavy atom. The first kappa shape index (κ1) is 15.4. The van der Waals surface area contributed by atoms with E-state index < -0.39 is 22.8 Å². The Labute approximate surface area is 128 Å². The number of nitro benzene ring substituents is 1. The zero-order chi connectivity index (χ0) is 15.6. The molecule has 1 atom stereocenters. The van der Waals surface area contributed by atoms with Crippen molar-refractivity contribution in [2.75, 3.05) is 6.54 Å². The molecule has 1 aliphatic rings. The fraction of sp³-hybridized carbons (Fsp3) is 0.385. The molecule has 2 rings (SSSR count). The second-order valence-electron chi connectivity index (χ2n) is 4.77. The van der Waals surface area contributed by atoms with E-state index in [1.165, 1.54) is 23.1 Å². The molecule has 1 N–H and O–H groups in total. The Morgan fingerprint density at radius 3 is 2.71 bits per heavy atom. The number of amides is 1. The highest BCUT2D eigenvalue weighted by molar-refractivity contribution is 9.10. The van der Waals surface area contributed by atoms with Gasteiger partial charge in [0.2, 0.25) is 0 Å². The topological polar surface area (TPSA) is 101 Å². The minimum atomic E-state index is -1.05. The molecule has 1 saturated heterocycles. The lowest BCUT2D eigenvalue weighted by atomic mass is 10.0. The van der Waals surface area contributed by atoms with Gasteiger partial charge in [0.05, 0.1) is 10.5 Å². The number of hydrogen-bond donors (Lipinski definition) is 1. The molecule has 0 saturated carbocycles. The summed E-state index contributed by atoms with van der Waals surface area (Å²) >= 11 is 3.19. The zero-order valence-electron chi connectivity index (χ0n) is 11.0. The van der Waals surface area contributed by atoms with Crippen LogP contribution in [0.2, 0.25) is 0 Å². The van der Waals surface area contributed by atoms with Crippen LogP contribution < -0.4 is 0 Å². The van der Waals surface area contributed by atoms with Gasteiger partial charge >= 0.3 is 5.97 Å². The van der Waals surface area contributed by atoms with Crippen LogP contribution in [0.25, 0.3) is 0 Å². The van der Waals surface area contributed by atoms with Gasteiger partial charge in [0.15, 0.2) is 0 Å². The third-order valence-corrected chi connectivity index (χ3v) is 4.13. The Kier molecular flexibility index (Phi) is 4.56. The molecule has 1 aromatic rings. The number of carboxylic acids is 1. The van der Waals surface area contributed by atoms with Gasteiger partial charge in [0.1, 0.15) is 6.04 Å². The average molecular weight is 357 g/mol. The minimum Gasteiger partial charge on any atom is -0.480 e. The number of nitro groups is 1. The van der Waals surface area contributed by atoms with Crippen LogP contribution in [0, 0.1) is 10.1 Å². The number of benzene rings is 1. The molecule has 0 aromatic heterocycles. The van der Waals surface area contributed by atoms with Gasteiger partial charge < -0.3 is 10.0 Å². The van der Waals surface area contributed by atoms with Crippen molar-refractivity contribution in [3.63, 3.8) is 0 Å². The molecule has 1 fully saturated rings. The number of piperidine rings is 1. The summed E-state index contributed by atoms with van der Waals surface area (Å²) < 4.78 is 0.410. The first-order chi connectivity index (χ1) is 9.91. The molecule has 1 aliphatic heterocycles. The molecule has 0 radical (unpaired) electrons. The smallest absolute Gasteiger partial charge is 0.326 e. The summed E-state index contributed by atoms with van der Waals surface area (Å²) in [6.45, 7) is 0.338. The van der Waals surface area contributed by atoms with Crippen LogP contribution in [0.5, 0.6) is 0 Å². The highest BCUT2D eigenvalue weighted by atomic mass is 79.9.